The zero-order valence-electron chi connectivity index (χ0n) is 15.1. The first-order chi connectivity index (χ1) is 12.5. The highest BCUT2D eigenvalue weighted by atomic mass is 32.2. The van der Waals surface area contributed by atoms with Crippen molar-refractivity contribution >= 4 is 29.5 Å². The molecule has 10 heteroatoms. The van der Waals surface area contributed by atoms with Gasteiger partial charge in [-0.1, -0.05) is 12.1 Å². The Morgan fingerprint density at radius 3 is 2.37 bits per heavy atom. The molecular weight excluding hydrogens is 385 g/mol. The fourth-order valence-corrected chi connectivity index (χ4v) is 2.73. The topological polar surface area (TPSA) is 84.5 Å². The van der Waals surface area contributed by atoms with Crippen molar-refractivity contribution in [3.63, 3.8) is 0 Å². The number of benzene rings is 1. The van der Waals surface area contributed by atoms with Crippen LogP contribution in [0.4, 0.5) is 13.2 Å². The minimum Gasteiger partial charge on any atom is -0.449 e. The molecule has 1 rings (SSSR count). The van der Waals surface area contributed by atoms with Crippen LogP contribution >= 0.6 is 11.8 Å². The van der Waals surface area contributed by atoms with Crippen LogP contribution in [0.15, 0.2) is 29.2 Å². The Bertz CT molecular complexity index is 680. The summed E-state index contributed by atoms with van der Waals surface area (Å²) >= 11 is 1.11. The van der Waals surface area contributed by atoms with Crippen LogP contribution in [0.2, 0.25) is 0 Å². The Morgan fingerprint density at radius 2 is 1.78 bits per heavy atom. The van der Waals surface area contributed by atoms with E-state index < -0.39 is 30.7 Å². The first kappa shape index (κ1) is 22.8. The molecule has 0 heterocycles. The normalized spacial score (nSPS) is 12.4. The number of hydrogen-bond donors (Lipinski definition) is 2. The second kappa shape index (κ2) is 10.2. The molecule has 1 aromatic carbocycles. The maximum atomic E-state index is 12.3. The molecule has 0 saturated heterocycles. The molecule has 0 aliphatic carbocycles. The number of halogens is 3. The Hall–Kier alpha value is -2.23. The standard InChI is InChI=1S/C17H21F3N2O4S/c1-10(2)22-14(23)8-27-13-7-5-4-6-12(13)16(25)26-11(3)15(24)21-9-17(18,19)20/h4-7,10-11H,8-9H2,1-3H3,(H,21,24)(H,22,23)/t11-/m1/s1. The molecule has 0 aliphatic heterocycles. The molecule has 2 N–H and O–H groups in total. The van der Waals surface area contributed by atoms with Crippen molar-refractivity contribution in [3.8, 4) is 0 Å². The van der Waals surface area contributed by atoms with Crippen molar-refractivity contribution < 1.29 is 32.3 Å². The molecule has 6 nitrogen and oxygen atoms in total. The van der Waals surface area contributed by atoms with Gasteiger partial charge in [-0.25, -0.2) is 4.79 Å². The Labute approximate surface area is 159 Å². The molecule has 0 saturated carbocycles. The number of nitrogens with one attached hydrogen (secondary N) is 2. The van der Waals surface area contributed by atoms with Crippen LogP contribution in [0.5, 0.6) is 0 Å². The summed E-state index contributed by atoms with van der Waals surface area (Å²) in [6.07, 6.45) is -5.96. The number of thioether (sulfide) groups is 1. The minimum absolute atomic E-state index is 0.0191. The highest BCUT2D eigenvalue weighted by Crippen LogP contribution is 2.23. The van der Waals surface area contributed by atoms with Gasteiger partial charge in [0.15, 0.2) is 6.10 Å². The van der Waals surface area contributed by atoms with E-state index in [-0.39, 0.29) is 23.3 Å². The van der Waals surface area contributed by atoms with Crippen LogP contribution in [-0.2, 0) is 14.3 Å². The maximum Gasteiger partial charge on any atom is 0.405 e. The van der Waals surface area contributed by atoms with E-state index in [9.17, 15) is 27.6 Å². The number of carbonyl (C=O) groups is 3. The summed E-state index contributed by atoms with van der Waals surface area (Å²) in [5.74, 6) is -2.05. The molecule has 0 fully saturated rings. The van der Waals surface area contributed by atoms with Gasteiger partial charge in [0.05, 0.1) is 11.3 Å². The highest BCUT2D eigenvalue weighted by Gasteiger charge is 2.29. The van der Waals surface area contributed by atoms with Crippen molar-refractivity contribution in [2.24, 2.45) is 0 Å². The summed E-state index contributed by atoms with van der Waals surface area (Å²) in [7, 11) is 0. The maximum absolute atomic E-state index is 12.3. The molecule has 1 aromatic rings. The van der Waals surface area contributed by atoms with Gasteiger partial charge in [-0.3, -0.25) is 9.59 Å². The molecule has 0 unspecified atom stereocenters. The Balaban J connectivity index is 2.69. The Morgan fingerprint density at radius 1 is 1.15 bits per heavy atom. The van der Waals surface area contributed by atoms with E-state index in [0.717, 1.165) is 11.8 Å². The number of amides is 2. The molecule has 2 amide bonds. The summed E-state index contributed by atoms with van der Waals surface area (Å²) in [6, 6.07) is 6.28. The molecule has 0 bridgehead atoms. The fraction of sp³-hybridized carbons (Fsp3) is 0.471. The monoisotopic (exact) mass is 406 g/mol. The highest BCUT2D eigenvalue weighted by molar-refractivity contribution is 8.00. The summed E-state index contributed by atoms with van der Waals surface area (Å²) in [5, 5.41) is 4.37. The van der Waals surface area contributed by atoms with Gasteiger partial charge in [-0.05, 0) is 32.9 Å². The zero-order valence-corrected chi connectivity index (χ0v) is 15.9. The van der Waals surface area contributed by atoms with E-state index >= 15 is 0 Å². The largest absolute Gasteiger partial charge is 0.449 e. The lowest BCUT2D eigenvalue weighted by Crippen LogP contribution is -2.40. The van der Waals surface area contributed by atoms with Gasteiger partial charge < -0.3 is 15.4 Å². The van der Waals surface area contributed by atoms with Gasteiger partial charge >= 0.3 is 12.1 Å². The lowest BCUT2D eigenvalue weighted by atomic mass is 10.2. The number of hydrogen-bond acceptors (Lipinski definition) is 5. The molecule has 0 aromatic heterocycles. The molecular formula is C17H21F3N2O4S. The second-order valence-electron chi connectivity index (χ2n) is 5.89. The third-order valence-electron chi connectivity index (χ3n) is 3.03. The molecule has 27 heavy (non-hydrogen) atoms. The van der Waals surface area contributed by atoms with Crippen LogP contribution in [0, 0.1) is 0 Å². The van der Waals surface area contributed by atoms with Crippen molar-refractivity contribution in [2.75, 3.05) is 12.3 Å². The fourth-order valence-electron chi connectivity index (χ4n) is 1.88. The van der Waals surface area contributed by atoms with Crippen LogP contribution in [0.25, 0.3) is 0 Å². The summed E-state index contributed by atoms with van der Waals surface area (Å²) in [6.45, 7) is 3.30. The van der Waals surface area contributed by atoms with E-state index in [2.05, 4.69) is 5.32 Å². The number of rotatable bonds is 8. The first-order valence-electron chi connectivity index (χ1n) is 8.06. The van der Waals surface area contributed by atoms with Gasteiger partial charge in [0, 0.05) is 10.9 Å². The summed E-state index contributed by atoms with van der Waals surface area (Å²) in [4.78, 5) is 36.1. The third-order valence-corrected chi connectivity index (χ3v) is 4.11. The van der Waals surface area contributed by atoms with Crippen LogP contribution in [0.3, 0.4) is 0 Å². The number of carbonyl (C=O) groups excluding carboxylic acids is 3. The predicted molar refractivity (Wildman–Crippen MR) is 94.4 cm³/mol. The third kappa shape index (κ3) is 8.80. The average Bonchev–Trinajstić information content (AvgIpc) is 2.56. The molecule has 150 valence electrons. The second-order valence-corrected chi connectivity index (χ2v) is 6.90. The zero-order chi connectivity index (χ0) is 20.6. The smallest absolute Gasteiger partial charge is 0.405 e. The average molecular weight is 406 g/mol. The number of alkyl halides is 3. The van der Waals surface area contributed by atoms with Gasteiger partial charge in [0.1, 0.15) is 6.54 Å². The predicted octanol–water partition coefficient (Wildman–Crippen LogP) is 2.53. The molecule has 1 atom stereocenters. The quantitative estimate of drug-likeness (QED) is 0.512. The minimum atomic E-state index is -4.56. The lowest BCUT2D eigenvalue weighted by molar-refractivity contribution is -0.143. The van der Waals surface area contributed by atoms with E-state index in [1.165, 1.54) is 13.0 Å². The van der Waals surface area contributed by atoms with Gasteiger partial charge in [0.2, 0.25) is 5.91 Å². The first-order valence-corrected chi connectivity index (χ1v) is 9.04. The van der Waals surface area contributed by atoms with Crippen molar-refractivity contribution in [1.82, 2.24) is 10.6 Å². The van der Waals surface area contributed by atoms with E-state index in [1.807, 2.05) is 13.8 Å². The van der Waals surface area contributed by atoms with Crippen molar-refractivity contribution in [3.05, 3.63) is 29.8 Å². The van der Waals surface area contributed by atoms with Gasteiger partial charge in [0.25, 0.3) is 5.91 Å². The lowest BCUT2D eigenvalue weighted by Gasteiger charge is -2.15. The molecule has 0 aliphatic rings. The Kier molecular flexibility index (Phi) is 8.61. The summed E-state index contributed by atoms with van der Waals surface area (Å²) in [5.41, 5.74) is 0.121. The number of esters is 1. The van der Waals surface area contributed by atoms with Gasteiger partial charge in [-0.2, -0.15) is 13.2 Å². The van der Waals surface area contributed by atoms with Crippen LogP contribution in [-0.4, -0.2) is 48.4 Å². The van der Waals surface area contributed by atoms with Gasteiger partial charge in [-0.15, -0.1) is 11.8 Å². The van der Waals surface area contributed by atoms with Crippen LogP contribution in [0.1, 0.15) is 31.1 Å². The SMILES string of the molecule is CC(C)NC(=O)CSc1ccccc1C(=O)O[C@H](C)C(=O)NCC(F)(F)F. The molecule has 0 radical (unpaired) electrons. The summed E-state index contributed by atoms with van der Waals surface area (Å²) < 4.78 is 41.3. The van der Waals surface area contributed by atoms with E-state index in [0.29, 0.717) is 4.90 Å². The number of ether oxygens (including phenoxy) is 1. The van der Waals surface area contributed by atoms with Crippen molar-refractivity contribution in [2.45, 2.75) is 44.0 Å². The van der Waals surface area contributed by atoms with E-state index in [4.69, 9.17) is 4.74 Å². The van der Waals surface area contributed by atoms with E-state index in [1.54, 1.807) is 23.5 Å². The van der Waals surface area contributed by atoms with Crippen LogP contribution < -0.4 is 10.6 Å². The van der Waals surface area contributed by atoms with Crippen molar-refractivity contribution in [1.29, 1.82) is 0 Å². The molecule has 0 spiro atoms.